The fraction of sp³-hybridized carbons (Fsp3) is 0.652. The molecule has 0 spiro atoms. The Bertz CT molecular complexity index is 705. The van der Waals surface area contributed by atoms with E-state index < -0.39 is 0 Å². The molecule has 1 aliphatic rings. The summed E-state index contributed by atoms with van der Waals surface area (Å²) in [6.45, 7) is 16.2. The van der Waals surface area contributed by atoms with Crippen molar-refractivity contribution in [2.24, 2.45) is 4.99 Å². The average molecular weight is 546 g/mol. The summed E-state index contributed by atoms with van der Waals surface area (Å²) in [6, 6.07) is 7.85. The molecule has 0 aromatic heterocycles. The third-order valence-electron chi connectivity index (χ3n) is 5.50. The highest BCUT2D eigenvalue weighted by Crippen LogP contribution is 2.15. The number of ether oxygens (including phenoxy) is 1. The number of morpholine rings is 1. The first-order valence-corrected chi connectivity index (χ1v) is 11.1. The lowest BCUT2D eigenvalue weighted by atomic mass is 10.0. The zero-order chi connectivity index (χ0) is 22.0. The van der Waals surface area contributed by atoms with Crippen LogP contribution in [0.25, 0.3) is 0 Å². The molecular weight excluding hydrogens is 505 g/mol. The molecule has 1 fully saturated rings. The van der Waals surface area contributed by atoms with Gasteiger partial charge in [-0.25, -0.2) is 4.99 Å². The molecule has 1 aromatic carbocycles. The van der Waals surface area contributed by atoms with Gasteiger partial charge in [-0.2, -0.15) is 0 Å². The topological polar surface area (TPSA) is 78.0 Å². The van der Waals surface area contributed by atoms with Crippen LogP contribution in [0, 0.1) is 0 Å². The third-order valence-corrected chi connectivity index (χ3v) is 5.50. The Morgan fingerprint density at radius 3 is 2.58 bits per heavy atom. The molecule has 31 heavy (non-hydrogen) atoms. The van der Waals surface area contributed by atoms with Crippen molar-refractivity contribution in [1.29, 1.82) is 0 Å². The molecule has 1 aliphatic heterocycles. The van der Waals surface area contributed by atoms with Gasteiger partial charge in [-0.1, -0.05) is 19.1 Å². The van der Waals surface area contributed by atoms with Gasteiger partial charge in [0.15, 0.2) is 5.96 Å². The van der Waals surface area contributed by atoms with Gasteiger partial charge in [0.05, 0.1) is 19.8 Å². The summed E-state index contributed by atoms with van der Waals surface area (Å²) < 4.78 is 5.47. The summed E-state index contributed by atoms with van der Waals surface area (Å²) >= 11 is 0. The minimum absolute atomic E-state index is 0. The highest BCUT2D eigenvalue weighted by Gasteiger charge is 2.28. The van der Waals surface area contributed by atoms with E-state index in [0.717, 1.165) is 57.3 Å². The van der Waals surface area contributed by atoms with Gasteiger partial charge in [0, 0.05) is 43.3 Å². The molecule has 2 rings (SSSR count). The maximum absolute atomic E-state index is 12.4. The van der Waals surface area contributed by atoms with Gasteiger partial charge in [0.25, 0.3) is 5.91 Å². The number of benzene rings is 1. The summed E-state index contributed by atoms with van der Waals surface area (Å²) in [5.41, 5.74) is 1.69. The molecule has 3 N–H and O–H groups in total. The van der Waals surface area contributed by atoms with Gasteiger partial charge < -0.3 is 20.7 Å². The number of aliphatic imine (C=N–C) groups is 1. The normalized spacial score (nSPS) is 16.2. The first-order chi connectivity index (χ1) is 14.4. The fourth-order valence-corrected chi connectivity index (χ4v) is 3.31. The van der Waals surface area contributed by atoms with E-state index in [-0.39, 0.29) is 41.5 Å². The molecule has 0 radical (unpaired) electrons. The molecule has 176 valence electrons. The Balaban J connectivity index is 0.00000480. The number of amides is 1. The second-order valence-electron chi connectivity index (χ2n) is 8.44. The van der Waals surface area contributed by atoms with E-state index in [0.29, 0.717) is 12.1 Å². The molecule has 0 aliphatic carbocycles. The van der Waals surface area contributed by atoms with Crippen LogP contribution in [-0.4, -0.2) is 67.7 Å². The summed E-state index contributed by atoms with van der Waals surface area (Å²) in [5.74, 6) is 0.751. The summed E-state index contributed by atoms with van der Waals surface area (Å²) in [4.78, 5) is 19.6. The molecule has 8 heteroatoms. The molecule has 1 aromatic rings. The zero-order valence-electron chi connectivity index (χ0n) is 19.7. The smallest absolute Gasteiger partial charge is 0.251 e. The first kappa shape index (κ1) is 27.6. The Kier molecular flexibility index (Phi) is 12.4. The van der Waals surface area contributed by atoms with Crippen LogP contribution in [-0.2, 0) is 11.3 Å². The van der Waals surface area contributed by atoms with Gasteiger partial charge in [0.2, 0.25) is 0 Å². The largest absolute Gasteiger partial charge is 0.379 e. The van der Waals surface area contributed by atoms with Crippen LogP contribution in [0.15, 0.2) is 29.3 Å². The molecule has 1 saturated heterocycles. The molecular formula is C23H40IN5O2. The van der Waals surface area contributed by atoms with E-state index in [1.807, 2.05) is 31.2 Å². The number of carbonyl (C=O) groups is 1. The van der Waals surface area contributed by atoms with Crippen LogP contribution in [0.2, 0.25) is 0 Å². The Morgan fingerprint density at radius 1 is 1.23 bits per heavy atom. The van der Waals surface area contributed by atoms with Crippen LogP contribution >= 0.6 is 24.0 Å². The quantitative estimate of drug-likeness (QED) is 0.253. The molecule has 0 bridgehead atoms. The number of carbonyl (C=O) groups excluding carboxylic acids is 1. The second-order valence-corrected chi connectivity index (χ2v) is 8.44. The van der Waals surface area contributed by atoms with Gasteiger partial charge >= 0.3 is 0 Å². The van der Waals surface area contributed by atoms with E-state index in [9.17, 15) is 4.79 Å². The highest BCUT2D eigenvalue weighted by molar-refractivity contribution is 14.0. The number of nitrogens with one attached hydrogen (secondary N) is 3. The van der Waals surface area contributed by atoms with Gasteiger partial charge in [0.1, 0.15) is 0 Å². The summed E-state index contributed by atoms with van der Waals surface area (Å²) in [6.07, 6.45) is 0.911. The maximum Gasteiger partial charge on any atom is 0.251 e. The first-order valence-electron chi connectivity index (χ1n) is 11.1. The predicted molar refractivity (Wildman–Crippen MR) is 138 cm³/mol. The minimum atomic E-state index is -0.0347. The average Bonchev–Trinajstić information content (AvgIpc) is 2.76. The van der Waals surface area contributed by atoms with Crippen molar-refractivity contribution in [3.63, 3.8) is 0 Å². The minimum Gasteiger partial charge on any atom is -0.379 e. The lowest BCUT2D eigenvalue weighted by molar-refractivity contribution is -0.00834. The number of halogens is 1. The van der Waals surface area contributed by atoms with Crippen LogP contribution in [0.5, 0.6) is 0 Å². The van der Waals surface area contributed by atoms with E-state index >= 15 is 0 Å². The van der Waals surface area contributed by atoms with E-state index in [1.54, 1.807) is 0 Å². The van der Waals surface area contributed by atoms with E-state index in [2.05, 4.69) is 48.5 Å². The van der Waals surface area contributed by atoms with Crippen molar-refractivity contribution >= 4 is 35.8 Å². The van der Waals surface area contributed by atoms with E-state index in [1.165, 1.54) is 0 Å². The molecule has 0 saturated carbocycles. The Labute approximate surface area is 204 Å². The number of hydrogen-bond donors (Lipinski definition) is 3. The summed E-state index contributed by atoms with van der Waals surface area (Å²) in [5, 5.41) is 9.81. The van der Waals surface area contributed by atoms with E-state index in [4.69, 9.17) is 9.73 Å². The van der Waals surface area contributed by atoms with Crippen molar-refractivity contribution < 1.29 is 9.53 Å². The monoisotopic (exact) mass is 545 g/mol. The maximum atomic E-state index is 12.4. The predicted octanol–water partition coefficient (Wildman–Crippen LogP) is 3.00. The third kappa shape index (κ3) is 9.33. The van der Waals surface area contributed by atoms with Crippen LogP contribution in [0.1, 0.15) is 57.0 Å². The number of hydrogen-bond acceptors (Lipinski definition) is 4. The molecule has 1 amide bonds. The molecule has 1 unspecified atom stereocenters. The number of nitrogens with zero attached hydrogens (tertiary/aromatic N) is 2. The lowest BCUT2D eigenvalue weighted by Gasteiger charge is -2.41. The van der Waals surface area contributed by atoms with Crippen molar-refractivity contribution in [3.05, 3.63) is 35.4 Å². The SMILES string of the molecule is CCNC(=NCc1cccc(C(=O)NC(C)CC)c1)NCC(C)(C)N1CCOCC1.I. The number of rotatable bonds is 9. The highest BCUT2D eigenvalue weighted by atomic mass is 127. The van der Waals surface area contributed by atoms with Gasteiger partial charge in [-0.05, 0) is 51.8 Å². The van der Waals surface area contributed by atoms with Crippen molar-refractivity contribution in [2.45, 2.75) is 59.2 Å². The second kappa shape index (κ2) is 13.9. The van der Waals surface area contributed by atoms with Crippen molar-refractivity contribution in [3.8, 4) is 0 Å². The van der Waals surface area contributed by atoms with Gasteiger partial charge in [-0.3, -0.25) is 9.69 Å². The van der Waals surface area contributed by atoms with Crippen molar-refractivity contribution in [1.82, 2.24) is 20.9 Å². The zero-order valence-corrected chi connectivity index (χ0v) is 22.0. The molecule has 7 nitrogen and oxygen atoms in total. The number of guanidine groups is 1. The lowest BCUT2D eigenvalue weighted by Crippen LogP contribution is -2.56. The summed E-state index contributed by atoms with van der Waals surface area (Å²) in [7, 11) is 0. The standard InChI is InChI=1S/C23H39N5O2.HI/c1-6-18(3)27-21(29)20-10-8-9-19(15-20)16-25-22(24-7-2)26-17-23(4,5)28-11-13-30-14-12-28;/h8-10,15,18H,6-7,11-14,16-17H2,1-5H3,(H,27,29)(H2,24,25,26);1H. The Hall–Kier alpha value is -1.39. The van der Waals surface area contributed by atoms with Crippen LogP contribution in [0.4, 0.5) is 0 Å². The Morgan fingerprint density at radius 2 is 1.94 bits per heavy atom. The molecule has 1 atom stereocenters. The van der Waals surface area contributed by atoms with Crippen LogP contribution in [0.3, 0.4) is 0 Å². The van der Waals surface area contributed by atoms with Crippen molar-refractivity contribution in [2.75, 3.05) is 39.4 Å². The molecule has 1 heterocycles. The van der Waals surface area contributed by atoms with Crippen LogP contribution < -0.4 is 16.0 Å². The van der Waals surface area contributed by atoms with Gasteiger partial charge in [-0.15, -0.1) is 24.0 Å². The fourth-order valence-electron chi connectivity index (χ4n) is 3.31.